The summed E-state index contributed by atoms with van der Waals surface area (Å²) in [7, 11) is 0. The van der Waals surface area contributed by atoms with Gasteiger partial charge in [-0.2, -0.15) is 0 Å². The SMILES string of the molecule is Cl.Oc1ccc2c(c1)OCC(c1ccccc1)C2c1ccc(OCCCCCCCCCCN2CCOCC2)cc1. The molecule has 222 valence electrons. The first kappa shape index (κ1) is 31.2. The van der Waals surface area contributed by atoms with Crippen molar-refractivity contribution < 1.29 is 19.3 Å². The first-order valence-electron chi connectivity index (χ1n) is 15.3. The van der Waals surface area contributed by atoms with Crippen molar-refractivity contribution in [1.29, 1.82) is 0 Å². The lowest BCUT2D eigenvalue weighted by Gasteiger charge is -2.34. The van der Waals surface area contributed by atoms with E-state index in [0.717, 1.165) is 56.4 Å². The van der Waals surface area contributed by atoms with Gasteiger partial charge in [0.1, 0.15) is 17.2 Å². The minimum Gasteiger partial charge on any atom is -0.508 e. The number of phenolic OH excluding ortho intramolecular Hbond substituents is 1. The molecule has 41 heavy (non-hydrogen) atoms. The Morgan fingerprint density at radius 1 is 0.756 bits per heavy atom. The van der Waals surface area contributed by atoms with E-state index in [1.54, 1.807) is 12.1 Å². The predicted molar refractivity (Wildman–Crippen MR) is 168 cm³/mol. The number of hydrogen-bond acceptors (Lipinski definition) is 5. The molecule has 2 aliphatic rings. The minimum absolute atomic E-state index is 0. The summed E-state index contributed by atoms with van der Waals surface area (Å²) in [6.45, 7) is 6.62. The van der Waals surface area contributed by atoms with Crippen LogP contribution in [0.4, 0.5) is 0 Å². The molecule has 3 aromatic carbocycles. The number of phenols is 1. The molecule has 5 nitrogen and oxygen atoms in total. The Hall–Kier alpha value is -2.73. The summed E-state index contributed by atoms with van der Waals surface area (Å²) < 4.78 is 17.6. The Morgan fingerprint density at radius 2 is 1.44 bits per heavy atom. The van der Waals surface area contributed by atoms with E-state index < -0.39 is 0 Å². The van der Waals surface area contributed by atoms with Crippen LogP contribution in [0.25, 0.3) is 0 Å². The van der Waals surface area contributed by atoms with Crippen LogP contribution in [0.3, 0.4) is 0 Å². The fraction of sp³-hybridized carbons (Fsp3) is 0.486. The number of morpholine rings is 1. The van der Waals surface area contributed by atoms with Crippen LogP contribution in [0.1, 0.15) is 79.9 Å². The number of nitrogens with zero attached hydrogens (tertiary/aromatic N) is 1. The Bertz CT molecular complexity index is 1150. The molecule has 0 amide bonds. The third-order valence-electron chi connectivity index (χ3n) is 8.36. The molecule has 5 rings (SSSR count). The molecule has 2 atom stereocenters. The summed E-state index contributed by atoms with van der Waals surface area (Å²) in [5.41, 5.74) is 3.62. The van der Waals surface area contributed by atoms with E-state index >= 15 is 0 Å². The highest BCUT2D eigenvalue weighted by Crippen LogP contribution is 2.47. The fourth-order valence-electron chi connectivity index (χ4n) is 6.08. The van der Waals surface area contributed by atoms with Gasteiger partial charge in [0.05, 0.1) is 26.4 Å². The number of ether oxygens (including phenoxy) is 3. The third-order valence-corrected chi connectivity index (χ3v) is 8.36. The van der Waals surface area contributed by atoms with E-state index in [2.05, 4.69) is 59.5 Å². The maximum Gasteiger partial charge on any atom is 0.126 e. The molecular formula is C35H46ClNO4. The van der Waals surface area contributed by atoms with Gasteiger partial charge in [-0.1, -0.05) is 87.1 Å². The zero-order chi connectivity index (χ0) is 27.4. The summed E-state index contributed by atoms with van der Waals surface area (Å²) in [6, 6.07) is 24.7. The van der Waals surface area contributed by atoms with E-state index in [-0.39, 0.29) is 30.0 Å². The second kappa shape index (κ2) is 16.6. The number of unbranched alkanes of at least 4 members (excludes halogenated alkanes) is 7. The van der Waals surface area contributed by atoms with Crippen molar-refractivity contribution in [2.24, 2.45) is 0 Å². The van der Waals surface area contributed by atoms with Crippen LogP contribution in [0.15, 0.2) is 72.8 Å². The van der Waals surface area contributed by atoms with Crippen molar-refractivity contribution in [3.05, 3.63) is 89.5 Å². The molecule has 1 N–H and O–H groups in total. The van der Waals surface area contributed by atoms with Crippen molar-refractivity contribution in [1.82, 2.24) is 4.90 Å². The second-order valence-electron chi connectivity index (χ2n) is 11.2. The molecular weight excluding hydrogens is 534 g/mol. The first-order valence-corrected chi connectivity index (χ1v) is 15.3. The molecule has 3 aromatic rings. The van der Waals surface area contributed by atoms with Crippen LogP contribution >= 0.6 is 12.4 Å². The van der Waals surface area contributed by atoms with Crippen molar-refractivity contribution in [3.63, 3.8) is 0 Å². The highest BCUT2D eigenvalue weighted by molar-refractivity contribution is 5.85. The topological polar surface area (TPSA) is 51.2 Å². The molecule has 6 heteroatoms. The van der Waals surface area contributed by atoms with Gasteiger partial charge in [0, 0.05) is 36.6 Å². The monoisotopic (exact) mass is 579 g/mol. The molecule has 1 saturated heterocycles. The fourth-order valence-corrected chi connectivity index (χ4v) is 6.08. The standard InChI is InChI=1S/C35H45NO4.ClH/c37-30-16-19-32-34(26-30)40-27-33(28-12-8-7-9-13-28)35(32)29-14-17-31(18-15-29)39-23-11-6-4-2-1-3-5-10-20-36-21-24-38-25-22-36;/h7-9,12-19,26,33,35,37H,1-6,10-11,20-25,27H2;1H. The van der Waals surface area contributed by atoms with Gasteiger partial charge in [-0.25, -0.2) is 0 Å². The first-order chi connectivity index (χ1) is 19.8. The lowest BCUT2D eigenvalue weighted by molar-refractivity contribution is 0.0371. The Balaban J connectivity index is 0.00000387. The summed E-state index contributed by atoms with van der Waals surface area (Å²) in [5, 5.41) is 10.00. The summed E-state index contributed by atoms with van der Waals surface area (Å²) in [4.78, 5) is 2.54. The van der Waals surface area contributed by atoms with Crippen LogP contribution in [0, 0.1) is 0 Å². The van der Waals surface area contributed by atoms with E-state index in [9.17, 15) is 5.11 Å². The van der Waals surface area contributed by atoms with E-state index in [4.69, 9.17) is 14.2 Å². The van der Waals surface area contributed by atoms with Gasteiger partial charge < -0.3 is 19.3 Å². The van der Waals surface area contributed by atoms with Crippen molar-refractivity contribution in [3.8, 4) is 17.2 Å². The quantitative estimate of drug-likeness (QED) is 0.196. The van der Waals surface area contributed by atoms with Gasteiger partial charge in [0.2, 0.25) is 0 Å². The number of benzene rings is 3. The van der Waals surface area contributed by atoms with E-state index in [0.29, 0.717) is 6.61 Å². The maximum absolute atomic E-state index is 10.00. The highest BCUT2D eigenvalue weighted by Gasteiger charge is 2.33. The average molecular weight is 580 g/mol. The van der Waals surface area contributed by atoms with Crippen molar-refractivity contribution >= 4 is 12.4 Å². The molecule has 0 aliphatic carbocycles. The van der Waals surface area contributed by atoms with Crippen molar-refractivity contribution in [2.75, 3.05) is 46.1 Å². The van der Waals surface area contributed by atoms with Gasteiger partial charge in [-0.15, -0.1) is 12.4 Å². The molecule has 2 aliphatic heterocycles. The molecule has 0 radical (unpaired) electrons. The number of fused-ring (bicyclic) bond motifs is 1. The summed E-state index contributed by atoms with van der Waals surface area (Å²) >= 11 is 0. The van der Waals surface area contributed by atoms with Crippen LogP contribution in [-0.4, -0.2) is 56.1 Å². The van der Waals surface area contributed by atoms with Gasteiger partial charge in [0.25, 0.3) is 0 Å². The number of halogens is 1. The molecule has 1 fully saturated rings. The minimum atomic E-state index is 0. The van der Waals surface area contributed by atoms with Gasteiger partial charge in [0.15, 0.2) is 0 Å². The summed E-state index contributed by atoms with van der Waals surface area (Å²) in [5.74, 6) is 2.29. The molecule has 0 aromatic heterocycles. The second-order valence-corrected chi connectivity index (χ2v) is 11.2. The maximum atomic E-state index is 10.00. The van der Waals surface area contributed by atoms with Crippen LogP contribution in [0.5, 0.6) is 17.2 Å². The lowest BCUT2D eigenvalue weighted by atomic mass is 9.76. The van der Waals surface area contributed by atoms with Gasteiger partial charge in [-0.3, -0.25) is 4.90 Å². The van der Waals surface area contributed by atoms with Crippen molar-refractivity contribution in [2.45, 2.75) is 63.2 Å². The van der Waals surface area contributed by atoms with Gasteiger partial charge >= 0.3 is 0 Å². The van der Waals surface area contributed by atoms with Crippen LogP contribution in [0.2, 0.25) is 0 Å². The molecule has 0 saturated carbocycles. The van der Waals surface area contributed by atoms with E-state index in [1.165, 1.54) is 62.6 Å². The Labute approximate surface area is 252 Å². The summed E-state index contributed by atoms with van der Waals surface area (Å²) in [6.07, 6.45) is 10.3. The third kappa shape index (κ3) is 9.13. The predicted octanol–water partition coefficient (Wildman–Crippen LogP) is 7.95. The van der Waals surface area contributed by atoms with Crippen LogP contribution < -0.4 is 9.47 Å². The largest absolute Gasteiger partial charge is 0.508 e. The molecule has 2 heterocycles. The average Bonchev–Trinajstić information content (AvgIpc) is 3.00. The zero-order valence-corrected chi connectivity index (χ0v) is 25.0. The number of aromatic hydroxyl groups is 1. The molecule has 2 unspecified atom stereocenters. The molecule has 0 spiro atoms. The highest BCUT2D eigenvalue weighted by atomic mass is 35.5. The molecule has 0 bridgehead atoms. The number of hydrogen-bond donors (Lipinski definition) is 1. The van der Waals surface area contributed by atoms with Gasteiger partial charge in [-0.05, 0) is 48.7 Å². The lowest BCUT2D eigenvalue weighted by Crippen LogP contribution is -2.36. The number of rotatable bonds is 14. The zero-order valence-electron chi connectivity index (χ0n) is 24.2. The van der Waals surface area contributed by atoms with Crippen LogP contribution in [-0.2, 0) is 4.74 Å². The Morgan fingerprint density at radius 3 is 2.17 bits per heavy atom. The Kier molecular flexibility index (Phi) is 12.7. The smallest absolute Gasteiger partial charge is 0.126 e. The normalized spacial score (nSPS) is 18.6. The van der Waals surface area contributed by atoms with E-state index in [1.807, 2.05) is 6.07 Å².